The zero-order valence-electron chi connectivity index (χ0n) is 15.2. The van der Waals surface area contributed by atoms with Crippen molar-refractivity contribution < 1.29 is 32.0 Å². The number of hydrogen-bond acceptors (Lipinski definition) is 4. The van der Waals surface area contributed by atoms with Crippen LogP contribution in [-0.2, 0) is 4.79 Å². The lowest BCUT2D eigenvalue weighted by Crippen LogP contribution is -2.33. The highest BCUT2D eigenvalue weighted by Crippen LogP contribution is 2.19. The smallest absolute Gasteiger partial charge is 0.291 e. The maximum absolute atomic E-state index is 13.6. The van der Waals surface area contributed by atoms with Gasteiger partial charge in [0.1, 0.15) is 0 Å². The van der Waals surface area contributed by atoms with Gasteiger partial charge in [0.15, 0.2) is 23.2 Å². The number of anilines is 2. The van der Waals surface area contributed by atoms with Crippen molar-refractivity contribution in [2.45, 2.75) is 0 Å². The molecule has 1 aromatic heterocycles. The number of benzene rings is 2. The second kappa shape index (κ2) is 8.95. The van der Waals surface area contributed by atoms with Crippen molar-refractivity contribution in [3.8, 4) is 0 Å². The summed E-state index contributed by atoms with van der Waals surface area (Å²) in [6.45, 7) is -0.555. The van der Waals surface area contributed by atoms with E-state index in [0.29, 0.717) is 11.8 Å². The molecule has 0 aliphatic heterocycles. The van der Waals surface area contributed by atoms with Gasteiger partial charge in [-0.25, -0.2) is 13.2 Å². The number of carbonyl (C=O) groups is 3. The van der Waals surface area contributed by atoms with Gasteiger partial charge >= 0.3 is 0 Å². The van der Waals surface area contributed by atoms with Crippen LogP contribution in [0, 0.1) is 17.5 Å². The van der Waals surface area contributed by atoms with Crippen LogP contribution in [0.5, 0.6) is 0 Å². The fourth-order valence-corrected chi connectivity index (χ4v) is 2.42. The van der Waals surface area contributed by atoms with Crippen molar-refractivity contribution in [2.75, 3.05) is 17.2 Å². The minimum absolute atomic E-state index is 0.0889. The molecule has 3 amide bonds. The molecule has 0 aliphatic rings. The second-order valence-corrected chi connectivity index (χ2v) is 5.97. The van der Waals surface area contributed by atoms with Crippen molar-refractivity contribution >= 4 is 29.1 Å². The Kier molecular flexibility index (Phi) is 6.16. The number of furan rings is 1. The number of nitrogens with one attached hydrogen (secondary N) is 3. The number of hydrogen-bond donors (Lipinski definition) is 3. The molecular weight excluding hydrogens is 403 g/mol. The van der Waals surface area contributed by atoms with Gasteiger partial charge in [-0.15, -0.1) is 0 Å². The van der Waals surface area contributed by atoms with Gasteiger partial charge in [0.25, 0.3) is 11.8 Å². The molecule has 2 aromatic carbocycles. The maximum Gasteiger partial charge on any atom is 0.291 e. The normalized spacial score (nSPS) is 10.4. The van der Waals surface area contributed by atoms with E-state index in [-0.39, 0.29) is 11.3 Å². The van der Waals surface area contributed by atoms with E-state index in [4.69, 9.17) is 4.42 Å². The summed E-state index contributed by atoms with van der Waals surface area (Å²) >= 11 is 0. The third-order valence-corrected chi connectivity index (χ3v) is 3.85. The van der Waals surface area contributed by atoms with Crippen LogP contribution in [0.2, 0.25) is 0 Å². The molecule has 3 N–H and O–H groups in total. The third kappa shape index (κ3) is 4.85. The quantitative estimate of drug-likeness (QED) is 0.536. The van der Waals surface area contributed by atoms with Crippen molar-refractivity contribution in [3.05, 3.63) is 83.6 Å². The van der Waals surface area contributed by atoms with Gasteiger partial charge in [-0.2, -0.15) is 0 Å². The first-order chi connectivity index (χ1) is 14.3. The van der Waals surface area contributed by atoms with Crippen LogP contribution in [0.25, 0.3) is 0 Å². The molecule has 3 rings (SSSR count). The number of halogens is 3. The molecule has 0 radical (unpaired) electrons. The number of carbonyl (C=O) groups excluding carboxylic acids is 3. The summed E-state index contributed by atoms with van der Waals surface area (Å²) in [5.41, 5.74) is -0.104. The molecule has 154 valence electrons. The number of amides is 3. The summed E-state index contributed by atoms with van der Waals surface area (Å²) in [6.07, 6.45) is 1.34. The predicted molar refractivity (Wildman–Crippen MR) is 100 cm³/mol. The molecule has 0 fully saturated rings. The first-order valence-corrected chi connectivity index (χ1v) is 8.51. The van der Waals surface area contributed by atoms with E-state index in [1.165, 1.54) is 30.5 Å². The minimum atomic E-state index is -1.72. The van der Waals surface area contributed by atoms with Gasteiger partial charge in [-0.3, -0.25) is 14.4 Å². The van der Waals surface area contributed by atoms with E-state index in [1.807, 2.05) is 5.32 Å². The largest absolute Gasteiger partial charge is 0.459 e. The highest BCUT2D eigenvalue weighted by Gasteiger charge is 2.16. The summed E-state index contributed by atoms with van der Waals surface area (Å²) in [7, 11) is 0. The number of rotatable bonds is 6. The highest BCUT2D eigenvalue weighted by molar-refractivity contribution is 6.04. The van der Waals surface area contributed by atoms with E-state index >= 15 is 0 Å². The van der Waals surface area contributed by atoms with Crippen molar-refractivity contribution in [1.29, 1.82) is 0 Å². The molecule has 0 aliphatic carbocycles. The zero-order valence-corrected chi connectivity index (χ0v) is 15.2. The Bertz CT molecular complexity index is 1100. The van der Waals surface area contributed by atoms with Crippen LogP contribution < -0.4 is 16.0 Å². The highest BCUT2D eigenvalue weighted by atomic mass is 19.2. The molecule has 0 atom stereocenters. The average Bonchev–Trinajstić information content (AvgIpc) is 3.28. The topological polar surface area (TPSA) is 100 Å². The molecule has 7 nitrogen and oxygen atoms in total. The van der Waals surface area contributed by atoms with Crippen LogP contribution in [0.4, 0.5) is 24.5 Å². The molecule has 1 heterocycles. The fourth-order valence-electron chi connectivity index (χ4n) is 2.42. The van der Waals surface area contributed by atoms with Gasteiger partial charge in [0.05, 0.1) is 18.5 Å². The summed E-state index contributed by atoms with van der Waals surface area (Å²) in [4.78, 5) is 36.1. The van der Waals surface area contributed by atoms with Crippen molar-refractivity contribution in [3.63, 3.8) is 0 Å². The first kappa shape index (κ1) is 20.6. The first-order valence-electron chi connectivity index (χ1n) is 8.51. The minimum Gasteiger partial charge on any atom is -0.459 e. The lowest BCUT2D eigenvalue weighted by molar-refractivity contribution is -0.115. The van der Waals surface area contributed by atoms with Crippen LogP contribution in [-0.4, -0.2) is 24.3 Å². The van der Waals surface area contributed by atoms with Crippen LogP contribution in [0.1, 0.15) is 20.9 Å². The Morgan fingerprint density at radius 3 is 2.40 bits per heavy atom. The fraction of sp³-hybridized carbons (Fsp3) is 0.0500. The summed E-state index contributed by atoms with van der Waals surface area (Å²) in [6, 6.07) is 10.4. The SMILES string of the molecule is O=C(CNC(=O)c1cccc(NC(=O)c2ccco2)c1)Nc1ccc(F)c(F)c1F. The van der Waals surface area contributed by atoms with Crippen LogP contribution in [0.3, 0.4) is 0 Å². The third-order valence-electron chi connectivity index (χ3n) is 3.85. The van der Waals surface area contributed by atoms with E-state index in [2.05, 4.69) is 10.6 Å². The standard InChI is InChI=1S/C20H14F3N3O4/c21-13-6-7-14(18(23)17(13)22)26-16(27)10-24-19(28)11-3-1-4-12(9-11)25-20(29)15-5-2-8-30-15/h1-9H,10H2,(H,24,28)(H,25,29)(H,26,27). The Morgan fingerprint density at radius 2 is 1.67 bits per heavy atom. The lowest BCUT2D eigenvalue weighted by atomic mass is 10.2. The summed E-state index contributed by atoms with van der Waals surface area (Å²) < 4.78 is 44.7. The van der Waals surface area contributed by atoms with E-state index in [9.17, 15) is 27.6 Å². The Hall–Kier alpha value is -4.08. The van der Waals surface area contributed by atoms with E-state index < -0.39 is 47.4 Å². The molecule has 0 saturated heterocycles. The van der Waals surface area contributed by atoms with Crippen molar-refractivity contribution in [2.24, 2.45) is 0 Å². The predicted octanol–water partition coefficient (Wildman–Crippen LogP) is 3.32. The van der Waals surface area contributed by atoms with Crippen LogP contribution >= 0.6 is 0 Å². The molecule has 30 heavy (non-hydrogen) atoms. The van der Waals surface area contributed by atoms with Gasteiger partial charge in [0, 0.05) is 11.3 Å². The molecule has 10 heteroatoms. The molecule has 0 unspecified atom stereocenters. The molecule has 0 spiro atoms. The molecule has 0 bridgehead atoms. The lowest BCUT2D eigenvalue weighted by Gasteiger charge is -2.09. The zero-order chi connectivity index (χ0) is 21.7. The Balaban J connectivity index is 1.58. The average molecular weight is 417 g/mol. The van der Waals surface area contributed by atoms with Gasteiger partial charge in [-0.05, 0) is 42.5 Å². The molecular formula is C20H14F3N3O4. The summed E-state index contributed by atoms with van der Waals surface area (Å²) in [5, 5.41) is 6.89. The van der Waals surface area contributed by atoms with E-state index in [0.717, 1.165) is 6.07 Å². The second-order valence-electron chi connectivity index (χ2n) is 5.97. The van der Waals surface area contributed by atoms with Crippen molar-refractivity contribution in [1.82, 2.24) is 5.32 Å². The van der Waals surface area contributed by atoms with E-state index in [1.54, 1.807) is 12.1 Å². The van der Waals surface area contributed by atoms with Gasteiger partial charge in [-0.1, -0.05) is 6.07 Å². The maximum atomic E-state index is 13.6. The molecule has 0 saturated carbocycles. The Labute approximate surface area is 167 Å². The Morgan fingerprint density at radius 1 is 0.867 bits per heavy atom. The summed E-state index contributed by atoms with van der Waals surface area (Å²) in [5.74, 6) is -6.57. The molecule has 3 aromatic rings. The van der Waals surface area contributed by atoms with Gasteiger partial charge in [0.2, 0.25) is 5.91 Å². The van der Waals surface area contributed by atoms with Gasteiger partial charge < -0.3 is 20.4 Å². The van der Waals surface area contributed by atoms with Crippen LogP contribution in [0.15, 0.2) is 59.2 Å². The monoisotopic (exact) mass is 417 g/mol.